The van der Waals surface area contributed by atoms with Crippen molar-refractivity contribution < 1.29 is 28.2 Å². The number of benzene rings is 2. The number of methoxy groups -OCH3 is 3. The molecule has 1 aliphatic rings. The van der Waals surface area contributed by atoms with Crippen LogP contribution >= 0.6 is 12.2 Å². The molecule has 2 aromatic rings. The molecule has 0 bridgehead atoms. The zero-order valence-electron chi connectivity index (χ0n) is 15.8. The van der Waals surface area contributed by atoms with E-state index in [1.807, 2.05) is 0 Å². The highest BCUT2D eigenvalue weighted by Gasteiger charge is 2.35. The Bertz CT molecular complexity index is 1040. The number of ether oxygens (including phenoxy) is 3. The van der Waals surface area contributed by atoms with Crippen molar-refractivity contribution in [2.75, 3.05) is 26.2 Å². The molecular weight excluding hydrogens is 399 g/mol. The Hall–Kier alpha value is -3.46. The number of amides is 2. The van der Waals surface area contributed by atoms with Gasteiger partial charge in [-0.1, -0.05) is 6.07 Å². The number of nitrogens with one attached hydrogen (secondary N) is 1. The summed E-state index contributed by atoms with van der Waals surface area (Å²) in [6.45, 7) is 0. The van der Waals surface area contributed by atoms with E-state index in [-0.39, 0.29) is 16.4 Å². The normalized spacial score (nSPS) is 15.4. The maximum Gasteiger partial charge on any atom is 0.270 e. The van der Waals surface area contributed by atoms with Crippen LogP contribution in [0, 0.1) is 5.82 Å². The van der Waals surface area contributed by atoms with Crippen molar-refractivity contribution in [2.24, 2.45) is 0 Å². The van der Waals surface area contributed by atoms with Crippen LogP contribution in [0.25, 0.3) is 6.08 Å². The van der Waals surface area contributed by atoms with Gasteiger partial charge in [-0.25, -0.2) is 4.39 Å². The van der Waals surface area contributed by atoms with Crippen LogP contribution in [0.15, 0.2) is 42.0 Å². The van der Waals surface area contributed by atoms with Crippen LogP contribution in [0.2, 0.25) is 0 Å². The number of hydrogen-bond acceptors (Lipinski definition) is 6. The average Bonchev–Trinajstić information content (AvgIpc) is 2.70. The summed E-state index contributed by atoms with van der Waals surface area (Å²) in [5.41, 5.74) is 0.411. The Labute approximate surface area is 171 Å². The first-order valence-electron chi connectivity index (χ1n) is 8.36. The Morgan fingerprint density at radius 2 is 1.66 bits per heavy atom. The number of carbonyl (C=O) groups is 2. The van der Waals surface area contributed by atoms with Crippen molar-refractivity contribution in [1.82, 2.24) is 5.32 Å². The highest BCUT2D eigenvalue weighted by Crippen LogP contribution is 2.36. The van der Waals surface area contributed by atoms with E-state index in [1.165, 1.54) is 45.6 Å². The van der Waals surface area contributed by atoms with Gasteiger partial charge >= 0.3 is 0 Å². The molecule has 0 unspecified atom stereocenters. The van der Waals surface area contributed by atoms with Gasteiger partial charge < -0.3 is 14.2 Å². The van der Waals surface area contributed by atoms with Crippen molar-refractivity contribution in [1.29, 1.82) is 0 Å². The second kappa shape index (κ2) is 8.27. The second-order valence-corrected chi connectivity index (χ2v) is 6.27. The van der Waals surface area contributed by atoms with E-state index >= 15 is 0 Å². The quantitative estimate of drug-likeness (QED) is 0.459. The zero-order valence-corrected chi connectivity index (χ0v) is 16.6. The summed E-state index contributed by atoms with van der Waals surface area (Å²) >= 11 is 5.11. The molecule has 0 atom stereocenters. The van der Waals surface area contributed by atoms with Crippen LogP contribution in [0.1, 0.15) is 5.56 Å². The summed E-state index contributed by atoms with van der Waals surface area (Å²) in [6, 6.07) is 8.49. The van der Waals surface area contributed by atoms with Gasteiger partial charge in [0, 0.05) is 11.6 Å². The minimum atomic E-state index is -0.693. The lowest BCUT2D eigenvalue weighted by molar-refractivity contribution is -0.122. The number of anilines is 1. The van der Waals surface area contributed by atoms with Crippen LogP contribution < -0.4 is 24.4 Å². The first-order chi connectivity index (χ1) is 13.9. The lowest BCUT2D eigenvalue weighted by atomic mass is 10.1. The number of thiocarbonyl (C=S) groups is 1. The Balaban J connectivity index is 2.09. The lowest BCUT2D eigenvalue weighted by Gasteiger charge is -2.29. The topological polar surface area (TPSA) is 77.1 Å². The van der Waals surface area contributed by atoms with E-state index in [0.717, 1.165) is 11.0 Å². The van der Waals surface area contributed by atoms with Gasteiger partial charge in [0.15, 0.2) is 16.6 Å². The molecule has 150 valence electrons. The van der Waals surface area contributed by atoms with E-state index < -0.39 is 17.6 Å². The van der Waals surface area contributed by atoms with E-state index in [4.69, 9.17) is 26.4 Å². The molecule has 1 heterocycles. The molecule has 1 fully saturated rings. The molecule has 1 saturated heterocycles. The summed E-state index contributed by atoms with van der Waals surface area (Å²) < 4.78 is 29.5. The van der Waals surface area contributed by atoms with E-state index in [2.05, 4.69) is 5.32 Å². The first-order valence-corrected chi connectivity index (χ1v) is 8.77. The van der Waals surface area contributed by atoms with Gasteiger partial charge in [0.1, 0.15) is 17.1 Å². The van der Waals surface area contributed by atoms with Gasteiger partial charge in [-0.05, 0) is 42.6 Å². The largest absolute Gasteiger partial charge is 0.496 e. The minimum Gasteiger partial charge on any atom is -0.496 e. The molecule has 9 heteroatoms. The number of rotatable bonds is 5. The van der Waals surface area contributed by atoms with Gasteiger partial charge in [0.05, 0.1) is 27.0 Å². The number of carbonyl (C=O) groups excluding carboxylic acids is 2. The van der Waals surface area contributed by atoms with Crippen LogP contribution in [-0.2, 0) is 9.59 Å². The zero-order chi connectivity index (χ0) is 21.1. The molecule has 3 rings (SSSR count). The molecule has 0 aromatic heterocycles. The van der Waals surface area contributed by atoms with Gasteiger partial charge in [-0.15, -0.1) is 0 Å². The maximum absolute atomic E-state index is 13.6. The Morgan fingerprint density at radius 3 is 2.28 bits per heavy atom. The highest BCUT2D eigenvalue weighted by molar-refractivity contribution is 7.80. The fourth-order valence-electron chi connectivity index (χ4n) is 2.83. The Morgan fingerprint density at radius 1 is 1.00 bits per heavy atom. The predicted molar refractivity (Wildman–Crippen MR) is 109 cm³/mol. The monoisotopic (exact) mass is 416 g/mol. The van der Waals surface area contributed by atoms with Gasteiger partial charge in [-0.2, -0.15) is 0 Å². The molecule has 1 N–H and O–H groups in total. The van der Waals surface area contributed by atoms with Gasteiger partial charge in [0.2, 0.25) is 0 Å². The molecule has 29 heavy (non-hydrogen) atoms. The molecule has 0 radical (unpaired) electrons. The van der Waals surface area contributed by atoms with Crippen molar-refractivity contribution in [2.45, 2.75) is 0 Å². The molecule has 2 aromatic carbocycles. The van der Waals surface area contributed by atoms with Crippen LogP contribution in [0.4, 0.5) is 10.1 Å². The molecule has 7 nitrogen and oxygen atoms in total. The fraction of sp³-hybridized carbons (Fsp3) is 0.150. The van der Waals surface area contributed by atoms with Crippen LogP contribution in [0.5, 0.6) is 17.2 Å². The number of hydrogen-bond donors (Lipinski definition) is 1. The number of nitrogens with zero attached hydrogens (tertiary/aromatic N) is 1. The minimum absolute atomic E-state index is 0.137. The molecule has 1 aliphatic heterocycles. The third-order valence-electron chi connectivity index (χ3n) is 4.20. The van der Waals surface area contributed by atoms with Crippen LogP contribution in [-0.4, -0.2) is 38.3 Å². The molecule has 0 aliphatic carbocycles. The first kappa shape index (κ1) is 20.3. The van der Waals surface area contributed by atoms with Gasteiger partial charge in [0.25, 0.3) is 11.8 Å². The third-order valence-corrected chi connectivity index (χ3v) is 4.49. The molecule has 2 amide bonds. The van der Waals surface area contributed by atoms with Crippen LogP contribution in [0.3, 0.4) is 0 Å². The summed E-state index contributed by atoms with van der Waals surface area (Å²) in [7, 11) is 4.38. The SMILES string of the molecule is COc1cc(OC)c(OC)cc1/C=C1/C(=O)NC(=S)N(c2cccc(F)c2)C1=O. The van der Waals surface area contributed by atoms with E-state index in [1.54, 1.807) is 12.1 Å². The Kier molecular flexibility index (Phi) is 5.79. The summed E-state index contributed by atoms with van der Waals surface area (Å²) in [6.07, 6.45) is 1.35. The van der Waals surface area contributed by atoms with Crippen molar-refractivity contribution in [3.05, 3.63) is 53.4 Å². The predicted octanol–water partition coefficient (Wildman–Crippen LogP) is 2.68. The lowest BCUT2D eigenvalue weighted by Crippen LogP contribution is -2.54. The molecule has 0 spiro atoms. The van der Waals surface area contributed by atoms with E-state index in [0.29, 0.717) is 22.8 Å². The highest BCUT2D eigenvalue weighted by atomic mass is 32.1. The average molecular weight is 416 g/mol. The molecular formula is C20H17FN2O5S. The third kappa shape index (κ3) is 3.90. The second-order valence-electron chi connectivity index (χ2n) is 5.89. The molecule has 0 saturated carbocycles. The smallest absolute Gasteiger partial charge is 0.270 e. The van der Waals surface area contributed by atoms with Crippen molar-refractivity contribution in [3.8, 4) is 17.2 Å². The standard InChI is InChI=1S/C20H17FN2O5S/c1-26-15-10-17(28-3)16(27-2)8-11(15)7-14-18(24)22-20(29)23(19(14)25)13-6-4-5-12(21)9-13/h4-10H,1-3H3,(H,22,24,29)/b14-7-. The summed E-state index contributed by atoms with van der Waals surface area (Å²) in [4.78, 5) is 26.5. The van der Waals surface area contributed by atoms with E-state index in [9.17, 15) is 14.0 Å². The van der Waals surface area contributed by atoms with Crippen molar-refractivity contribution in [3.63, 3.8) is 0 Å². The maximum atomic E-state index is 13.6. The van der Waals surface area contributed by atoms with Crippen molar-refractivity contribution >= 4 is 40.9 Å². The number of halogens is 1. The summed E-state index contributed by atoms with van der Waals surface area (Å²) in [5, 5.41) is 2.31. The summed E-state index contributed by atoms with van der Waals surface area (Å²) in [5.74, 6) is -0.733. The fourth-order valence-corrected chi connectivity index (χ4v) is 3.11. The van der Waals surface area contributed by atoms with Gasteiger partial charge in [-0.3, -0.25) is 19.8 Å².